The Balaban J connectivity index is 1.71. The molecule has 148 valence electrons. The van der Waals surface area contributed by atoms with Crippen molar-refractivity contribution < 1.29 is 14.0 Å². The van der Waals surface area contributed by atoms with E-state index in [1.165, 1.54) is 30.3 Å². The quantitative estimate of drug-likeness (QED) is 0.656. The van der Waals surface area contributed by atoms with Crippen molar-refractivity contribution in [2.24, 2.45) is 0 Å². The lowest BCUT2D eigenvalue weighted by atomic mass is 9.87. The molecule has 0 aliphatic carbocycles. The van der Waals surface area contributed by atoms with Crippen molar-refractivity contribution in [1.29, 1.82) is 0 Å². The standard InChI is InChI=1S/C23H22FN3O2/c1-23(2,3)15-10-12-17(13-11-15)25-21(28)19-8-5-9-20(27-19)22(29)26-18-7-4-6-16(24)14-18/h4-14H,1-3H3,(H,25,28)(H,26,29). The van der Waals surface area contributed by atoms with Gasteiger partial charge in [-0.3, -0.25) is 9.59 Å². The average molecular weight is 391 g/mol. The first-order valence-corrected chi connectivity index (χ1v) is 9.18. The molecule has 0 radical (unpaired) electrons. The summed E-state index contributed by atoms with van der Waals surface area (Å²) >= 11 is 0. The van der Waals surface area contributed by atoms with Crippen molar-refractivity contribution in [2.75, 3.05) is 10.6 Å². The highest BCUT2D eigenvalue weighted by molar-refractivity contribution is 6.06. The molecule has 2 N–H and O–H groups in total. The van der Waals surface area contributed by atoms with Crippen molar-refractivity contribution in [3.63, 3.8) is 0 Å². The Labute approximate surface area is 169 Å². The highest BCUT2D eigenvalue weighted by atomic mass is 19.1. The number of benzene rings is 2. The van der Waals surface area contributed by atoms with Crippen molar-refractivity contribution in [3.8, 4) is 0 Å². The molecule has 3 aromatic rings. The molecule has 29 heavy (non-hydrogen) atoms. The predicted octanol–water partition coefficient (Wildman–Crippen LogP) is 5.02. The molecular formula is C23H22FN3O2. The molecule has 0 spiro atoms. The number of hydrogen-bond acceptors (Lipinski definition) is 3. The van der Waals surface area contributed by atoms with Gasteiger partial charge in [0.2, 0.25) is 0 Å². The third kappa shape index (κ3) is 5.25. The van der Waals surface area contributed by atoms with Crippen molar-refractivity contribution in [1.82, 2.24) is 4.98 Å². The Morgan fingerprint density at radius 3 is 1.90 bits per heavy atom. The maximum Gasteiger partial charge on any atom is 0.274 e. The van der Waals surface area contributed by atoms with Crippen LogP contribution in [0.3, 0.4) is 0 Å². The number of nitrogens with one attached hydrogen (secondary N) is 2. The number of pyridine rings is 1. The largest absolute Gasteiger partial charge is 0.321 e. The Kier molecular flexibility index (Phi) is 5.73. The SMILES string of the molecule is CC(C)(C)c1ccc(NC(=O)c2cccc(C(=O)Nc3cccc(F)c3)n2)cc1. The number of halogens is 1. The molecule has 6 heteroatoms. The summed E-state index contributed by atoms with van der Waals surface area (Å²) < 4.78 is 13.3. The van der Waals surface area contributed by atoms with E-state index in [-0.39, 0.29) is 16.8 Å². The number of carbonyl (C=O) groups is 2. The molecule has 0 atom stereocenters. The molecule has 0 unspecified atom stereocenters. The van der Waals surface area contributed by atoms with Crippen LogP contribution in [0, 0.1) is 5.82 Å². The van der Waals surface area contributed by atoms with E-state index in [9.17, 15) is 14.0 Å². The maximum atomic E-state index is 13.3. The van der Waals surface area contributed by atoms with E-state index < -0.39 is 17.6 Å². The van der Waals surface area contributed by atoms with Gasteiger partial charge in [0.05, 0.1) is 0 Å². The van der Waals surface area contributed by atoms with Gasteiger partial charge in [0.1, 0.15) is 17.2 Å². The fourth-order valence-electron chi connectivity index (χ4n) is 2.70. The van der Waals surface area contributed by atoms with Gasteiger partial charge < -0.3 is 10.6 Å². The second-order valence-corrected chi connectivity index (χ2v) is 7.65. The van der Waals surface area contributed by atoms with E-state index in [1.807, 2.05) is 24.3 Å². The summed E-state index contributed by atoms with van der Waals surface area (Å²) in [5, 5.41) is 5.34. The fourth-order valence-corrected chi connectivity index (χ4v) is 2.70. The Bertz CT molecular complexity index is 1040. The van der Waals surface area contributed by atoms with Crippen LogP contribution in [0.15, 0.2) is 66.7 Å². The Morgan fingerprint density at radius 2 is 1.34 bits per heavy atom. The van der Waals surface area contributed by atoms with Gasteiger partial charge in [-0.2, -0.15) is 0 Å². The molecule has 0 bridgehead atoms. The van der Waals surface area contributed by atoms with Gasteiger partial charge in [-0.05, 0) is 53.4 Å². The molecule has 0 aliphatic rings. The predicted molar refractivity (Wildman–Crippen MR) is 112 cm³/mol. The molecular weight excluding hydrogens is 369 g/mol. The summed E-state index contributed by atoms with van der Waals surface area (Å²) in [4.78, 5) is 29.0. The van der Waals surface area contributed by atoms with Crippen LogP contribution in [0.2, 0.25) is 0 Å². The zero-order chi connectivity index (χ0) is 21.0. The van der Waals surface area contributed by atoms with Crippen LogP contribution in [0.25, 0.3) is 0 Å². The number of rotatable bonds is 4. The molecule has 2 amide bonds. The minimum Gasteiger partial charge on any atom is -0.321 e. The summed E-state index contributed by atoms with van der Waals surface area (Å²) in [5.41, 5.74) is 2.30. The van der Waals surface area contributed by atoms with Gasteiger partial charge in [0.15, 0.2) is 0 Å². The highest BCUT2D eigenvalue weighted by Gasteiger charge is 2.15. The van der Waals surface area contributed by atoms with E-state index in [0.29, 0.717) is 11.4 Å². The topological polar surface area (TPSA) is 71.1 Å². The van der Waals surface area contributed by atoms with Gasteiger partial charge in [0, 0.05) is 11.4 Å². The van der Waals surface area contributed by atoms with Crippen LogP contribution in [0.4, 0.5) is 15.8 Å². The first-order valence-electron chi connectivity index (χ1n) is 9.18. The van der Waals surface area contributed by atoms with Crippen LogP contribution in [0.1, 0.15) is 47.3 Å². The highest BCUT2D eigenvalue weighted by Crippen LogP contribution is 2.23. The molecule has 1 aromatic heterocycles. The fraction of sp³-hybridized carbons (Fsp3) is 0.174. The lowest BCUT2D eigenvalue weighted by Gasteiger charge is -2.19. The van der Waals surface area contributed by atoms with E-state index >= 15 is 0 Å². The van der Waals surface area contributed by atoms with Gasteiger partial charge in [-0.25, -0.2) is 9.37 Å². The van der Waals surface area contributed by atoms with Crippen molar-refractivity contribution in [3.05, 3.63) is 89.5 Å². The van der Waals surface area contributed by atoms with Crippen molar-refractivity contribution in [2.45, 2.75) is 26.2 Å². The smallest absolute Gasteiger partial charge is 0.274 e. The van der Waals surface area contributed by atoms with Gasteiger partial charge in [0.25, 0.3) is 11.8 Å². The van der Waals surface area contributed by atoms with Crippen molar-refractivity contribution >= 4 is 23.2 Å². The Hall–Kier alpha value is -3.54. The third-order valence-electron chi connectivity index (χ3n) is 4.31. The van der Waals surface area contributed by atoms with Gasteiger partial charge in [-0.15, -0.1) is 0 Å². The van der Waals surface area contributed by atoms with E-state index in [2.05, 4.69) is 36.4 Å². The number of amides is 2. The monoisotopic (exact) mass is 391 g/mol. The second-order valence-electron chi connectivity index (χ2n) is 7.65. The minimum absolute atomic E-state index is 0.0213. The first-order chi connectivity index (χ1) is 13.7. The van der Waals surface area contributed by atoms with Crippen LogP contribution in [-0.2, 0) is 5.41 Å². The summed E-state index contributed by atoms with van der Waals surface area (Å²) in [5.74, 6) is -1.41. The molecule has 0 fully saturated rings. The maximum absolute atomic E-state index is 13.3. The second kappa shape index (κ2) is 8.22. The molecule has 1 heterocycles. The van der Waals surface area contributed by atoms with E-state index in [1.54, 1.807) is 12.1 Å². The normalized spacial score (nSPS) is 11.0. The lowest BCUT2D eigenvalue weighted by molar-refractivity contribution is 0.101. The average Bonchev–Trinajstić information content (AvgIpc) is 2.68. The lowest BCUT2D eigenvalue weighted by Crippen LogP contribution is -2.18. The number of aromatic nitrogens is 1. The summed E-state index contributed by atoms with van der Waals surface area (Å²) in [6.07, 6.45) is 0. The number of nitrogens with zero attached hydrogens (tertiary/aromatic N) is 1. The number of anilines is 2. The van der Waals surface area contributed by atoms with Crippen LogP contribution in [0.5, 0.6) is 0 Å². The van der Waals surface area contributed by atoms with Crippen LogP contribution < -0.4 is 10.6 Å². The van der Waals surface area contributed by atoms with E-state index in [0.717, 1.165) is 5.56 Å². The minimum atomic E-state index is -0.528. The van der Waals surface area contributed by atoms with Gasteiger partial charge in [-0.1, -0.05) is 45.0 Å². The molecule has 0 saturated heterocycles. The molecule has 5 nitrogen and oxygen atoms in total. The van der Waals surface area contributed by atoms with Crippen LogP contribution in [-0.4, -0.2) is 16.8 Å². The summed E-state index contributed by atoms with van der Waals surface area (Å²) in [6, 6.07) is 17.7. The Morgan fingerprint density at radius 1 is 0.793 bits per heavy atom. The summed E-state index contributed by atoms with van der Waals surface area (Å²) in [6.45, 7) is 6.35. The first kappa shape index (κ1) is 20.2. The summed E-state index contributed by atoms with van der Waals surface area (Å²) in [7, 11) is 0. The molecule has 2 aromatic carbocycles. The molecule has 3 rings (SSSR count). The number of hydrogen-bond donors (Lipinski definition) is 2. The molecule has 0 saturated carbocycles. The zero-order valence-electron chi connectivity index (χ0n) is 16.5. The molecule has 0 aliphatic heterocycles. The zero-order valence-corrected chi connectivity index (χ0v) is 16.5. The van der Waals surface area contributed by atoms with Gasteiger partial charge >= 0.3 is 0 Å². The third-order valence-corrected chi connectivity index (χ3v) is 4.31. The number of carbonyl (C=O) groups excluding carboxylic acids is 2. The van der Waals surface area contributed by atoms with Crippen LogP contribution >= 0.6 is 0 Å². The van der Waals surface area contributed by atoms with E-state index in [4.69, 9.17) is 0 Å².